The van der Waals surface area contributed by atoms with Crippen LogP contribution in [0.25, 0.3) is 16.7 Å². The maximum atomic E-state index is 12.6. The van der Waals surface area contributed by atoms with Crippen LogP contribution in [0.4, 0.5) is 5.69 Å². The molecule has 0 spiro atoms. The monoisotopic (exact) mass is 487 g/mol. The van der Waals surface area contributed by atoms with E-state index in [1.807, 2.05) is 30.3 Å². The van der Waals surface area contributed by atoms with Gasteiger partial charge in [-0.2, -0.15) is 4.80 Å². The third-order valence-electron chi connectivity index (χ3n) is 5.66. The minimum Gasteiger partial charge on any atom is -0.486 e. The smallest absolute Gasteiger partial charge is 0.257 e. The van der Waals surface area contributed by atoms with Crippen molar-refractivity contribution in [1.82, 2.24) is 20.3 Å². The lowest BCUT2D eigenvalue weighted by atomic mass is 10.1. The van der Waals surface area contributed by atoms with Crippen LogP contribution >= 0.6 is 12.2 Å². The Morgan fingerprint density at radius 2 is 1.74 bits per heavy atom. The van der Waals surface area contributed by atoms with Gasteiger partial charge in [0, 0.05) is 11.3 Å². The number of hydrogen-bond acceptors (Lipinski definition) is 6. The van der Waals surface area contributed by atoms with Gasteiger partial charge in [-0.15, -0.1) is 10.2 Å². The maximum Gasteiger partial charge on any atom is 0.257 e. The zero-order valence-corrected chi connectivity index (χ0v) is 20.1. The molecule has 0 radical (unpaired) electrons. The van der Waals surface area contributed by atoms with Crippen molar-refractivity contribution in [2.75, 3.05) is 18.5 Å². The van der Waals surface area contributed by atoms with Crippen molar-refractivity contribution in [3.05, 3.63) is 71.8 Å². The van der Waals surface area contributed by atoms with Gasteiger partial charge < -0.3 is 14.8 Å². The number of hydrogen-bond donors (Lipinski definition) is 2. The normalized spacial score (nSPS) is 12.4. The lowest BCUT2D eigenvalue weighted by Gasteiger charge is -2.18. The number of unbranched alkanes of at least 4 members (excludes halogenated alkanes) is 1. The first-order valence-electron chi connectivity index (χ1n) is 11.6. The van der Waals surface area contributed by atoms with Gasteiger partial charge >= 0.3 is 0 Å². The van der Waals surface area contributed by atoms with E-state index in [-0.39, 0.29) is 11.0 Å². The molecule has 0 bridgehead atoms. The highest BCUT2D eigenvalue weighted by atomic mass is 32.1. The van der Waals surface area contributed by atoms with Crippen molar-refractivity contribution < 1.29 is 14.3 Å². The second-order valence-electron chi connectivity index (χ2n) is 8.23. The molecule has 2 N–H and O–H groups in total. The second kappa shape index (κ2) is 10.1. The molecule has 178 valence electrons. The molecule has 0 saturated heterocycles. The van der Waals surface area contributed by atoms with E-state index in [4.69, 9.17) is 21.7 Å². The molecular formula is C26H25N5O3S. The zero-order chi connectivity index (χ0) is 24.2. The number of nitrogens with zero attached hydrogens (tertiary/aromatic N) is 3. The summed E-state index contributed by atoms with van der Waals surface area (Å²) >= 11 is 5.34. The quantitative estimate of drug-likeness (QED) is 0.382. The average molecular weight is 488 g/mol. The van der Waals surface area contributed by atoms with Gasteiger partial charge in [0.15, 0.2) is 16.6 Å². The summed E-state index contributed by atoms with van der Waals surface area (Å²) in [5.41, 5.74) is 4.82. The molecule has 9 heteroatoms. The largest absolute Gasteiger partial charge is 0.486 e. The van der Waals surface area contributed by atoms with Crippen molar-refractivity contribution in [2.45, 2.75) is 26.2 Å². The van der Waals surface area contributed by atoms with Gasteiger partial charge in [0.2, 0.25) is 0 Å². The fourth-order valence-corrected chi connectivity index (χ4v) is 4.02. The van der Waals surface area contributed by atoms with Crippen molar-refractivity contribution >= 4 is 40.0 Å². The van der Waals surface area contributed by atoms with E-state index in [1.54, 1.807) is 23.0 Å². The third-order valence-corrected chi connectivity index (χ3v) is 5.86. The number of thiocarbonyl (C=S) groups is 1. The van der Waals surface area contributed by atoms with Crippen molar-refractivity contribution in [3.63, 3.8) is 0 Å². The van der Waals surface area contributed by atoms with E-state index in [0.29, 0.717) is 41.5 Å². The first kappa shape index (κ1) is 22.8. The maximum absolute atomic E-state index is 12.6. The summed E-state index contributed by atoms with van der Waals surface area (Å²) in [7, 11) is 0. The van der Waals surface area contributed by atoms with E-state index in [9.17, 15) is 4.79 Å². The Kier molecular flexibility index (Phi) is 6.58. The molecule has 0 atom stereocenters. The molecule has 35 heavy (non-hydrogen) atoms. The van der Waals surface area contributed by atoms with Crippen LogP contribution in [0.5, 0.6) is 11.5 Å². The number of ether oxygens (including phenoxy) is 2. The molecule has 0 fully saturated rings. The predicted molar refractivity (Wildman–Crippen MR) is 139 cm³/mol. The topological polar surface area (TPSA) is 90.3 Å². The summed E-state index contributed by atoms with van der Waals surface area (Å²) in [6.07, 6.45) is 3.43. The van der Waals surface area contributed by atoms with Crippen LogP contribution in [-0.2, 0) is 6.42 Å². The first-order chi connectivity index (χ1) is 17.1. The van der Waals surface area contributed by atoms with Crippen LogP contribution in [0.2, 0.25) is 0 Å². The van der Waals surface area contributed by atoms with Crippen molar-refractivity contribution in [2.24, 2.45) is 0 Å². The molecule has 1 amide bonds. The van der Waals surface area contributed by atoms with Gasteiger partial charge in [0.1, 0.15) is 24.2 Å². The molecule has 0 unspecified atom stereocenters. The van der Waals surface area contributed by atoms with Crippen molar-refractivity contribution in [3.8, 4) is 17.2 Å². The number of aromatic nitrogens is 3. The van der Waals surface area contributed by atoms with E-state index in [1.165, 1.54) is 18.4 Å². The van der Waals surface area contributed by atoms with E-state index in [0.717, 1.165) is 17.6 Å². The lowest BCUT2D eigenvalue weighted by molar-refractivity contribution is 0.0976. The highest BCUT2D eigenvalue weighted by molar-refractivity contribution is 7.80. The summed E-state index contributed by atoms with van der Waals surface area (Å²) in [6.45, 7) is 3.14. The summed E-state index contributed by atoms with van der Waals surface area (Å²) in [5, 5.41) is 15.1. The summed E-state index contributed by atoms with van der Waals surface area (Å²) in [6, 6.07) is 18.9. The van der Waals surface area contributed by atoms with Gasteiger partial charge in [0.05, 0.1) is 5.69 Å². The van der Waals surface area contributed by atoms with Crippen molar-refractivity contribution in [1.29, 1.82) is 0 Å². The third kappa shape index (κ3) is 5.25. The molecule has 1 aliphatic heterocycles. The molecule has 8 nitrogen and oxygen atoms in total. The van der Waals surface area contributed by atoms with Gasteiger partial charge in [-0.3, -0.25) is 10.1 Å². The Hall–Kier alpha value is -3.98. The molecule has 0 aliphatic carbocycles. The van der Waals surface area contributed by atoms with Crippen LogP contribution < -0.4 is 20.1 Å². The Morgan fingerprint density at radius 3 is 2.54 bits per heavy atom. The summed E-state index contributed by atoms with van der Waals surface area (Å²) in [5.74, 6) is 0.836. The fourth-order valence-electron chi connectivity index (χ4n) is 3.81. The molecule has 3 aromatic carbocycles. The molecule has 5 rings (SSSR count). The molecule has 1 aliphatic rings. The molecule has 4 aromatic rings. The van der Waals surface area contributed by atoms with Gasteiger partial charge in [-0.25, -0.2) is 0 Å². The minimum absolute atomic E-state index is 0.180. The highest BCUT2D eigenvalue weighted by Crippen LogP contribution is 2.30. The number of rotatable bonds is 6. The Balaban J connectivity index is 1.24. The van der Waals surface area contributed by atoms with E-state index < -0.39 is 0 Å². The Labute approximate surface area is 208 Å². The number of anilines is 1. The van der Waals surface area contributed by atoms with Crippen LogP contribution in [-0.4, -0.2) is 39.2 Å². The number of fused-ring (bicyclic) bond motifs is 2. The van der Waals surface area contributed by atoms with Gasteiger partial charge in [-0.05, 0) is 79.2 Å². The summed E-state index contributed by atoms with van der Waals surface area (Å²) in [4.78, 5) is 14.3. The van der Waals surface area contributed by atoms with Gasteiger partial charge in [-0.1, -0.05) is 25.5 Å². The second-order valence-corrected chi connectivity index (χ2v) is 8.64. The number of carbonyl (C=O) groups is 1. The molecule has 1 aromatic heterocycles. The molecule has 2 heterocycles. The first-order valence-corrected chi connectivity index (χ1v) is 12.0. The van der Waals surface area contributed by atoms with Crippen LogP contribution in [0, 0.1) is 0 Å². The number of nitrogens with one attached hydrogen (secondary N) is 2. The average Bonchev–Trinajstić information content (AvgIpc) is 3.31. The number of benzene rings is 3. The number of carbonyl (C=O) groups excluding carboxylic acids is 1. The Morgan fingerprint density at radius 1 is 0.971 bits per heavy atom. The number of amides is 1. The number of aryl methyl sites for hydroxylation is 1. The van der Waals surface area contributed by atoms with E-state index >= 15 is 0 Å². The fraction of sp³-hybridized carbons (Fsp3) is 0.231. The van der Waals surface area contributed by atoms with Crippen LogP contribution in [0.15, 0.2) is 60.7 Å². The van der Waals surface area contributed by atoms with Crippen LogP contribution in [0.1, 0.15) is 35.7 Å². The Bertz CT molecular complexity index is 1380. The minimum atomic E-state index is -0.339. The standard InChI is InChI=1S/C26H25N5O3S/c1-2-3-4-17-5-9-20(10-6-17)31-29-21-11-8-19(16-22(21)30-31)27-26(35)28-25(32)18-7-12-23-24(15-18)34-14-13-33-23/h5-12,15-16H,2-4,13-14H2,1H3,(H2,27,28,32,35). The predicted octanol–water partition coefficient (Wildman–Crippen LogP) is 4.66. The molecule has 0 saturated carbocycles. The molecular weight excluding hydrogens is 462 g/mol. The van der Waals surface area contributed by atoms with Crippen LogP contribution in [0.3, 0.4) is 0 Å². The SMILES string of the molecule is CCCCc1ccc(-n2nc3ccc(NC(=S)NC(=O)c4ccc5c(c4)OCCO5)cc3n2)cc1. The van der Waals surface area contributed by atoms with Gasteiger partial charge in [0.25, 0.3) is 5.91 Å². The zero-order valence-electron chi connectivity index (χ0n) is 19.3. The van der Waals surface area contributed by atoms with E-state index in [2.05, 4.69) is 39.9 Å². The lowest BCUT2D eigenvalue weighted by Crippen LogP contribution is -2.34. The highest BCUT2D eigenvalue weighted by Gasteiger charge is 2.16. The summed E-state index contributed by atoms with van der Waals surface area (Å²) < 4.78 is 11.0.